The van der Waals surface area contributed by atoms with E-state index in [2.05, 4.69) is 27.1 Å². The molecule has 2 rings (SSSR count). The van der Waals surface area contributed by atoms with E-state index >= 15 is 0 Å². The van der Waals surface area contributed by atoms with Crippen molar-refractivity contribution in [2.75, 3.05) is 0 Å². The van der Waals surface area contributed by atoms with Gasteiger partial charge in [-0.1, -0.05) is 15.9 Å². The lowest BCUT2D eigenvalue weighted by Crippen LogP contribution is -1.97. The normalized spacial score (nSPS) is 9.93. The van der Waals surface area contributed by atoms with Crippen LogP contribution in [0.4, 0.5) is 0 Å². The Morgan fingerprint density at radius 3 is 2.87 bits per heavy atom. The van der Waals surface area contributed by atoms with Gasteiger partial charge in [-0.3, -0.25) is 0 Å². The molecule has 1 heterocycles. The van der Waals surface area contributed by atoms with Crippen LogP contribution in [0.5, 0.6) is 0 Å². The van der Waals surface area contributed by atoms with E-state index in [0.29, 0.717) is 5.56 Å². The standard InChI is InChI=1S/C11H8BrN3/c1-8-6-14-15(7-8)11-4-10(12)3-2-9(11)5-13/h2-4,6-7H,1H3. The van der Waals surface area contributed by atoms with Gasteiger partial charge in [0.2, 0.25) is 0 Å². The summed E-state index contributed by atoms with van der Waals surface area (Å²) in [4.78, 5) is 0. The van der Waals surface area contributed by atoms with Crippen LogP contribution >= 0.6 is 15.9 Å². The molecule has 0 amide bonds. The van der Waals surface area contributed by atoms with Gasteiger partial charge in [0.1, 0.15) is 6.07 Å². The zero-order valence-corrected chi connectivity index (χ0v) is 9.69. The summed E-state index contributed by atoms with van der Waals surface area (Å²) in [6, 6.07) is 7.65. The van der Waals surface area contributed by atoms with Crippen LogP contribution in [0.1, 0.15) is 11.1 Å². The van der Waals surface area contributed by atoms with E-state index in [1.54, 1.807) is 16.9 Å². The zero-order valence-electron chi connectivity index (χ0n) is 8.11. The van der Waals surface area contributed by atoms with Crippen LogP contribution in [0.25, 0.3) is 5.69 Å². The van der Waals surface area contributed by atoms with E-state index in [0.717, 1.165) is 15.7 Å². The Balaban J connectivity index is 2.61. The van der Waals surface area contributed by atoms with Crippen molar-refractivity contribution in [3.8, 4) is 11.8 Å². The quantitative estimate of drug-likeness (QED) is 0.792. The van der Waals surface area contributed by atoms with E-state index in [1.807, 2.05) is 25.3 Å². The first-order valence-corrected chi connectivity index (χ1v) is 5.21. The molecule has 0 unspecified atom stereocenters. The maximum atomic E-state index is 8.97. The minimum absolute atomic E-state index is 0.612. The average molecular weight is 262 g/mol. The molecule has 15 heavy (non-hydrogen) atoms. The van der Waals surface area contributed by atoms with Crippen molar-refractivity contribution in [3.05, 3.63) is 46.2 Å². The second-order valence-corrected chi connectivity index (χ2v) is 4.15. The van der Waals surface area contributed by atoms with Gasteiger partial charge in [-0.05, 0) is 30.7 Å². The van der Waals surface area contributed by atoms with Gasteiger partial charge in [-0.25, -0.2) is 4.68 Å². The molecular weight excluding hydrogens is 254 g/mol. The third-order valence-electron chi connectivity index (χ3n) is 2.04. The van der Waals surface area contributed by atoms with E-state index in [1.165, 1.54) is 0 Å². The van der Waals surface area contributed by atoms with Crippen molar-refractivity contribution in [1.82, 2.24) is 9.78 Å². The van der Waals surface area contributed by atoms with Crippen molar-refractivity contribution in [2.24, 2.45) is 0 Å². The predicted octanol–water partition coefficient (Wildman–Crippen LogP) is 2.81. The van der Waals surface area contributed by atoms with Crippen molar-refractivity contribution in [1.29, 1.82) is 5.26 Å². The summed E-state index contributed by atoms with van der Waals surface area (Å²) in [5.74, 6) is 0. The number of benzene rings is 1. The summed E-state index contributed by atoms with van der Waals surface area (Å²) >= 11 is 3.38. The van der Waals surface area contributed by atoms with Crippen LogP contribution in [0.2, 0.25) is 0 Å². The highest BCUT2D eigenvalue weighted by atomic mass is 79.9. The van der Waals surface area contributed by atoms with Gasteiger partial charge in [0, 0.05) is 10.7 Å². The Morgan fingerprint density at radius 2 is 2.27 bits per heavy atom. The monoisotopic (exact) mass is 261 g/mol. The molecule has 74 valence electrons. The van der Waals surface area contributed by atoms with Crippen molar-refractivity contribution in [3.63, 3.8) is 0 Å². The lowest BCUT2D eigenvalue weighted by molar-refractivity contribution is 0.876. The van der Waals surface area contributed by atoms with E-state index in [-0.39, 0.29) is 0 Å². The molecule has 0 N–H and O–H groups in total. The molecule has 1 aromatic carbocycles. The van der Waals surface area contributed by atoms with Crippen LogP contribution < -0.4 is 0 Å². The number of nitriles is 1. The molecule has 0 saturated heterocycles. The molecule has 0 aliphatic heterocycles. The summed E-state index contributed by atoms with van der Waals surface area (Å²) in [6.45, 7) is 1.97. The van der Waals surface area contributed by atoms with Crippen molar-refractivity contribution < 1.29 is 0 Å². The van der Waals surface area contributed by atoms with E-state index < -0.39 is 0 Å². The number of halogens is 1. The summed E-state index contributed by atoms with van der Waals surface area (Å²) < 4.78 is 2.64. The molecule has 0 saturated carbocycles. The van der Waals surface area contributed by atoms with Crippen LogP contribution in [-0.2, 0) is 0 Å². The first-order valence-electron chi connectivity index (χ1n) is 4.42. The highest BCUT2D eigenvalue weighted by Gasteiger charge is 2.05. The third-order valence-corrected chi connectivity index (χ3v) is 2.53. The number of hydrogen-bond donors (Lipinski definition) is 0. The minimum Gasteiger partial charge on any atom is -0.239 e. The summed E-state index contributed by atoms with van der Waals surface area (Å²) in [5, 5.41) is 13.2. The Bertz CT molecular complexity index is 537. The second-order valence-electron chi connectivity index (χ2n) is 3.24. The minimum atomic E-state index is 0.612. The predicted molar refractivity (Wildman–Crippen MR) is 60.7 cm³/mol. The first kappa shape index (κ1) is 9.94. The molecule has 0 aliphatic carbocycles. The van der Waals surface area contributed by atoms with Crippen molar-refractivity contribution in [2.45, 2.75) is 6.92 Å². The second kappa shape index (κ2) is 3.87. The maximum Gasteiger partial charge on any atom is 0.101 e. The fourth-order valence-electron chi connectivity index (χ4n) is 1.33. The fraction of sp³-hybridized carbons (Fsp3) is 0.0909. The van der Waals surface area contributed by atoms with E-state index in [4.69, 9.17) is 5.26 Å². The smallest absolute Gasteiger partial charge is 0.101 e. The number of rotatable bonds is 1. The molecule has 0 fully saturated rings. The SMILES string of the molecule is Cc1cnn(-c2cc(Br)ccc2C#N)c1. The molecule has 4 heteroatoms. The fourth-order valence-corrected chi connectivity index (χ4v) is 1.68. The number of aromatic nitrogens is 2. The third kappa shape index (κ3) is 1.92. The molecule has 0 aliphatic rings. The number of aryl methyl sites for hydroxylation is 1. The molecule has 0 spiro atoms. The topological polar surface area (TPSA) is 41.6 Å². The summed E-state index contributed by atoms with van der Waals surface area (Å²) in [7, 11) is 0. The largest absolute Gasteiger partial charge is 0.239 e. The van der Waals surface area contributed by atoms with E-state index in [9.17, 15) is 0 Å². The van der Waals surface area contributed by atoms with Crippen LogP contribution in [-0.4, -0.2) is 9.78 Å². The van der Waals surface area contributed by atoms with Gasteiger partial charge in [-0.15, -0.1) is 0 Å². The number of hydrogen-bond acceptors (Lipinski definition) is 2. The molecular formula is C11H8BrN3. The summed E-state index contributed by atoms with van der Waals surface area (Å²) in [5.41, 5.74) is 2.47. The van der Waals surface area contributed by atoms with Gasteiger partial charge in [0.25, 0.3) is 0 Å². The van der Waals surface area contributed by atoms with Gasteiger partial charge in [0.15, 0.2) is 0 Å². The maximum absolute atomic E-state index is 8.97. The van der Waals surface area contributed by atoms with Gasteiger partial charge in [0.05, 0.1) is 17.4 Å². The van der Waals surface area contributed by atoms with Gasteiger partial charge in [-0.2, -0.15) is 10.4 Å². The lowest BCUT2D eigenvalue weighted by Gasteiger charge is -2.03. The average Bonchev–Trinajstić information content (AvgIpc) is 2.65. The molecule has 3 nitrogen and oxygen atoms in total. The Morgan fingerprint density at radius 1 is 1.47 bits per heavy atom. The Labute approximate surface area is 96.1 Å². The molecule has 2 aromatic rings. The lowest BCUT2D eigenvalue weighted by atomic mass is 10.2. The first-order chi connectivity index (χ1) is 7.20. The molecule has 0 radical (unpaired) electrons. The van der Waals surface area contributed by atoms with Crippen molar-refractivity contribution >= 4 is 15.9 Å². The number of nitrogens with zero attached hydrogens (tertiary/aromatic N) is 3. The van der Waals surface area contributed by atoms with Gasteiger partial charge < -0.3 is 0 Å². The highest BCUT2D eigenvalue weighted by Crippen LogP contribution is 2.19. The summed E-state index contributed by atoms with van der Waals surface area (Å²) in [6.07, 6.45) is 3.66. The highest BCUT2D eigenvalue weighted by molar-refractivity contribution is 9.10. The Kier molecular flexibility index (Phi) is 2.57. The van der Waals surface area contributed by atoms with Crippen LogP contribution in [0.15, 0.2) is 35.1 Å². The van der Waals surface area contributed by atoms with Crippen LogP contribution in [0, 0.1) is 18.3 Å². The zero-order chi connectivity index (χ0) is 10.8. The molecule has 1 aromatic heterocycles. The molecule has 0 bridgehead atoms. The molecule has 0 atom stereocenters. The van der Waals surface area contributed by atoms with Crippen LogP contribution in [0.3, 0.4) is 0 Å². The van der Waals surface area contributed by atoms with Gasteiger partial charge >= 0.3 is 0 Å². The Hall–Kier alpha value is -1.60.